The van der Waals surface area contributed by atoms with E-state index in [4.69, 9.17) is 0 Å². The lowest BCUT2D eigenvalue weighted by molar-refractivity contribution is 0.544. The van der Waals surface area contributed by atoms with Crippen molar-refractivity contribution in [3.05, 3.63) is 38.8 Å². The van der Waals surface area contributed by atoms with Crippen LogP contribution in [0.4, 0.5) is 0 Å². The summed E-state index contributed by atoms with van der Waals surface area (Å²) in [6, 6.07) is 1.94. The summed E-state index contributed by atoms with van der Waals surface area (Å²) in [5.74, 6) is 0. The third kappa shape index (κ3) is 2.62. The molecule has 18 heavy (non-hydrogen) atoms. The van der Waals surface area contributed by atoms with E-state index in [1.165, 1.54) is 0 Å². The van der Waals surface area contributed by atoms with Crippen LogP contribution in [0.15, 0.2) is 27.4 Å². The summed E-state index contributed by atoms with van der Waals surface area (Å²) < 4.78 is 3.74. The molecular formula is C11H13Br2N5. The van der Waals surface area contributed by atoms with Crippen molar-refractivity contribution in [2.45, 2.75) is 19.5 Å². The van der Waals surface area contributed by atoms with Crippen LogP contribution in [0.5, 0.6) is 0 Å². The zero-order valence-electron chi connectivity index (χ0n) is 10.1. The van der Waals surface area contributed by atoms with E-state index in [0.717, 1.165) is 26.9 Å². The highest BCUT2D eigenvalue weighted by molar-refractivity contribution is 9.11. The van der Waals surface area contributed by atoms with E-state index in [9.17, 15) is 0 Å². The highest BCUT2D eigenvalue weighted by Gasteiger charge is 2.20. The van der Waals surface area contributed by atoms with Gasteiger partial charge in [0, 0.05) is 21.7 Å². The Labute approximate surface area is 122 Å². The van der Waals surface area contributed by atoms with Gasteiger partial charge in [-0.3, -0.25) is 4.98 Å². The second-order valence-electron chi connectivity index (χ2n) is 3.72. The molecule has 0 aliphatic rings. The van der Waals surface area contributed by atoms with Crippen molar-refractivity contribution < 1.29 is 0 Å². The van der Waals surface area contributed by atoms with Crippen molar-refractivity contribution >= 4 is 31.9 Å². The van der Waals surface area contributed by atoms with Gasteiger partial charge in [-0.05, 0) is 51.9 Å². The molecule has 2 heterocycles. The number of nitrogens with one attached hydrogen (secondary N) is 1. The third-order valence-corrected chi connectivity index (χ3v) is 3.71. The molecule has 1 N–H and O–H groups in total. The highest BCUT2D eigenvalue weighted by atomic mass is 79.9. The van der Waals surface area contributed by atoms with Crippen LogP contribution in [0.1, 0.15) is 24.4 Å². The Morgan fingerprint density at radius 1 is 1.39 bits per heavy atom. The van der Waals surface area contributed by atoms with Gasteiger partial charge in [-0.2, -0.15) is 0 Å². The molecule has 2 aromatic rings. The van der Waals surface area contributed by atoms with Gasteiger partial charge in [-0.1, -0.05) is 5.21 Å². The summed E-state index contributed by atoms with van der Waals surface area (Å²) in [4.78, 5) is 4.46. The Hall–Kier alpha value is -0.790. The van der Waals surface area contributed by atoms with Crippen LogP contribution >= 0.6 is 31.9 Å². The minimum atomic E-state index is -0.0394. The molecule has 1 atom stereocenters. The molecule has 1 unspecified atom stereocenters. The van der Waals surface area contributed by atoms with Gasteiger partial charge in [-0.25, -0.2) is 4.68 Å². The van der Waals surface area contributed by atoms with Crippen molar-refractivity contribution in [3.63, 3.8) is 0 Å². The van der Waals surface area contributed by atoms with Gasteiger partial charge < -0.3 is 5.32 Å². The van der Waals surface area contributed by atoms with E-state index in [2.05, 4.69) is 52.5 Å². The molecule has 5 nitrogen and oxygen atoms in total. The molecule has 0 amide bonds. The lowest BCUT2D eigenvalue weighted by Gasteiger charge is -2.17. The fourth-order valence-corrected chi connectivity index (χ4v) is 3.01. The summed E-state index contributed by atoms with van der Waals surface area (Å²) in [5.41, 5.74) is 1.91. The average Bonchev–Trinajstić information content (AvgIpc) is 2.81. The fraction of sp³-hybridized carbons (Fsp3) is 0.364. The molecule has 0 fully saturated rings. The lowest BCUT2D eigenvalue weighted by atomic mass is 10.1. The van der Waals surface area contributed by atoms with Crippen LogP contribution in [0.2, 0.25) is 0 Å². The van der Waals surface area contributed by atoms with Gasteiger partial charge in [0.05, 0.1) is 23.6 Å². The van der Waals surface area contributed by atoms with Crippen molar-refractivity contribution in [2.75, 3.05) is 7.05 Å². The average molecular weight is 375 g/mol. The molecule has 0 bridgehead atoms. The Morgan fingerprint density at radius 2 is 2.17 bits per heavy atom. The second kappa shape index (κ2) is 5.90. The minimum absolute atomic E-state index is 0.0394. The van der Waals surface area contributed by atoms with E-state index >= 15 is 0 Å². The molecule has 96 valence electrons. The van der Waals surface area contributed by atoms with E-state index in [1.807, 2.05) is 24.7 Å². The van der Waals surface area contributed by atoms with Gasteiger partial charge in [0.25, 0.3) is 0 Å². The maximum absolute atomic E-state index is 4.46. The fourth-order valence-electron chi connectivity index (χ4n) is 1.80. The van der Waals surface area contributed by atoms with E-state index in [0.29, 0.717) is 0 Å². The van der Waals surface area contributed by atoms with E-state index in [1.54, 1.807) is 12.4 Å². The first kappa shape index (κ1) is 13.6. The summed E-state index contributed by atoms with van der Waals surface area (Å²) in [6.45, 7) is 2.82. The van der Waals surface area contributed by atoms with Gasteiger partial charge >= 0.3 is 0 Å². The van der Waals surface area contributed by atoms with Crippen LogP contribution < -0.4 is 5.32 Å². The first-order valence-electron chi connectivity index (χ1n) is 5.54. The molecule has 2 rings (SSSR count). The monoisotopic (exact) mass is 373 g/mol. The largest absolute Gasteiger partial charge is 0.307 e. The van der Waals surface area contributed by atoms with Crippen LogP contribution in [0.3, 0.4) is 0 Å². The SMILES string of the molecule is CCn1nncc1C(NC)c1ncc(Br)cc1Br. The van der Waals surface area contributed by atoms with E-state index < -0.39 is 0 Å². The lowest BCUT2D eigenvalue weighted by Crippen LogP contribution is -2.22. The number of aryl methyl sites for hydroxylation is 1. The minimum Gasteiger partial charge on any atom is -0.307 e. The van der Waals surface area contributed by atoms with Gasteiger partial charge in [0.1, 0.15) is 0 Å². The normalized spacial score (nSPS) is 12.7. The molecule has 2 aromatic heterocycles. The van der Waals surface area contributed by atoms with E-state index in [-0.39, 0.29) is 6.04 Å². The summed E-state index contributed by atoms with van der Waals surface area (Å²) in [7, 11) is 1.90. The molecule has 0 saturated heterocycles. The van der Waals surface area contributed by atoms with Gasteiger partial charge in [0.15, 0.2) is 0 Å². The van der Waals surface area contributed by atoms with Gasteiger partial charge in [0.2, 0.25) is 0 Å². The zero-order valence-corrected chi connectivity index (χ0v) is 13.2. The molecule has 0 saturated carbocycles. The number of hydrogen-bond donors (Lipinski definition) is 1. The Balaban J connectivity index is 2.45. The maximum atomic E-state index is 4.46. The predicted octanol–water partition coefficient (Wildman–Crippen LogP) is 2.53. The number of pyridine rings is 1. The summed E-state index contributed by atoms with van der Waals surface area (Å²) in [6.07, 6.45) is 3.55. The molecule has 7 heteroatoms. The van der Waals surface area contributed by atoms with Crippen LogP contribution in [-0.4, -0.2) is 27.0 Å². The van der Waals surface area contributed by atoms with Gasteiger partial charge in [-0.15, -0.1) is 5.10 Å². The third-order valence-electron chi connectivity index (χ3n) is 2.64. The number of halogens is 2. The number of aromatic nitrogens is 4. The number of hydrogen-bond acceptors (Lipinski definition) is 4. The first-order chi connectivity index (χ1) is 8.67. The standard InChI is InChI=1S/C11H13Br2N5/c1-3-18-9(6-16-17-18)11(14-2)10-8(13)4-7(12)5-15-10/h4-6,11,14H,3H2,1-2H3. The number of nitrogens with zero attached hydrogens (tertiary/aromatic N) is 4. The quantitative estimate of drug-likeness (QED) is 0.893. The first-order valence-corrected chi connectivity index (χ1v) is 7.12. The Morgan fingerprint density at radius 3 is 2.78 bits per heavy atom. The molecule has 0 aliphatic carbocycles. The van der Waals surface area contributed by atoms with Crippen LogP contribution in [0, 0.1) is 0 Å². The molecule has 0 aliphatic heterocycles. The molecule has 0 radical (unpaired) electrons. The van der Waals surface area contributed by atoms with Crippen molar-refractivity contribution in [1.82, 2.24) is 25.3 Å². The molecule has 0 aromatic carbocycles. The van der Waals surface area contributed by atoms with Crippen molar-refractivity contribution in [1.29, 1.82) is 0 Å². The summed E-state index contributed by atoms with van der Waals surface area (Å²) >= 11 is 6.94. The van der Waals surface area contributed by atoms with Crippen LogP contribution in [0.25, 0.3) is 0 Å². The summed E-state index contributed by atoms with van der Waals surface area (Å²) in [5, 5.41) is 11.3. The number of rotatable bonds is 4. The zero-order chi connectivity index (χ0) is 13.1. The topological polar surface area (TPSA) is 55.6 Å². The Bertz CT molecular complexity index is 540. The van der Waals surface area contributed by atoms with Crippen LogP contribution in [-0.2, 0) is 6.54 Å². The Kier molecular flexibility index (Phi) is 4.47. The second-order valence-corrected chi connectivity index (χ2v) is 5.49. The van der Waals surface area contributed by atoms with Crippen molar-refractivity contribution in [3.8, 4) is 0 Å². The maximum Gasteiger partial charge on any atom is 0.0947 e. The van der Waals surface area contributed by atoms with Crippen molar-refractivity contribution in [2.24, 2.45) is 0 Å². The molecule has 0 spiro atoms. The predicted molar refractivity (Wildman–Crippen MR) is 76.2 cm³/mol. The highest BCUT2D eigenvalue weighted by Crippen LogP contribution is 2.28. The molecular weight excluding hydrogens is 362 g/mol. The smallest absolute Gasteiger partial charge is 0.0947 e.